The van der Waals surface area contributed by atoms with Gasteiger partial charge in [0.25, 0.3) is 11.6 Å². The Morgan fingerprint density at radius 3 is 2.59 bits per heavy atom. The van der Waals surface area contributed by atoms with Crippen molar-refractivity contribution in [3.63, 3.8) is 0 Å². The van der Waals surface area contributed by atoms with Crippen LogP contribution in [0.1, 0.15) is 32.6 Å². The fourth-order valence-electron chi connectivity index (χ4n) is 3.56. The Kier molecular flexibility index (Phi) is 5.12. The number of aryl methyl sites for hydroxylation is 3. The minimum absolute atomic E-state index is 0.0736. The Bertz CT molecular complexity index is 1450. The van der Waals surface area contributed by atoms with Crippen LogP contribution in [0.3, 0.4) is 0 Å². The first-order valence-electron chi connectivity index (χ1n) is 9.72. The molecule has 0 radical (unpaired) electrons. The van der Waals surface area contributed by atoms with E-state index in [1.165, 1.54) is 29.1 Å². The number of carbonyl (C=O) groups is 1. The van der Waals surface area contributed by atoms with E-state index in [0.717, 1.165) is 22.0 Å². The molecule has 158 valence electrons. The highest BCUT2D eigenvalue weighted by Crippen LogP contribution is 2.26. The lowest BCUT2D eigenvalue weighted by atomic mass is 10.1. The fourth-order valence-corrected chi connectivity index (χ4v) is 3.56. The van der Waals surface area contributed by atoms with Crippen molar-refractivity contribution in [3.05, 3.63) is 86.6 Å². The van der Waals surface area contributed by atoms with Gasteiger partial charge in [0, 0.05) is 22.6 Å². The maximum atomic E-state index is 12.9. The van der Waals surface area contributed by atoms with Gasteiger partial charge in [-0.25, -0.2) is 4.98 Å². The Morgan fingerprint density at radius 1 is 1.12 bits per heavy atom. The Hall–Kier alpha value is -4.58. The van der Waals surface area contributed by atoms with Crippen LogP contribution in [-0.4, -0.2) is 25.6 Å². The first-order chi connectivity index (χ1) is 15.3. The molecule has 0 spiro atoms. The highest BCUT2D eigenvalue weighted by molar-refractivity contribution is 6.04. The second-order valence-corrected chi connectivity index (χ2v) is 7.41. The summed E-state index contributed by atoms with van der Waals surface area (Å²) in [5.41, 5.74) is 3.46. The van der Waals surface area contributed by atoms with E-state index in [1.54, 1.807) is 6.92 Å². The molecular weight excluding hydrogens is 408 g/mol. The number of fused-ring (bicyclic) bond motifs is 1. The van der Waals surface area contributed by atoms with Crippen molar-refractivity contribution in [1.29, 1.82) is 5.26 Å². The van der Waals surface area contributed by atoms with Gasteiger partial charge in [-0.1, -0.05) is 18.2 Å². The molecule has 9 heteroatoms. The third-order valence-electron chi connectivity index (χ3n) is 5.23. The molecule has 2 heterocycles. The number of para-hydroxylation sites is 1. The molecule has 4 rings (SSSR count). The number of aromatic nitrogens is 3. The van der Waals surface area contributed by atoms with Crippen molar-refractivity contribution in [2.24, 2.45) is 0 Å². The highest BCUT2D eigenvalue weighted by Gasteiger charge is 2.19. The Morgan fingerprint density at radius 2 is 1.91 bits per heavy atom. The van der Waals surface area contributed by atoms with Crippen molar-refractivity contribution < 1.29 is 9.72 Å². The minimum Gasteiger partial charge on any atom is -0.305 e. The SMILES string of the molecule is Cc1cc(C(=O)Nc2c(C#N)cnn2-c2cc(C)c3cccc(C)c3n2)ccc1[N+](=O)[O-]. The number of amides is 1. The van der Waals surface area contributed by atoms with Crippen LogP contribution in [0.2, 0.25) is 0 Å². The van der Waals surface area contributed by atoms with Crippen molar-refractivity contribution >= 4 is 28.3 Å². The monoisotopic (exact) mass is 426 g/mol. The zero-order valence-corrected chi connectivity index (χ0v) is 17.6. The van der Waals surface area contributed by atoms with Crippen LogP contribution in [-0.2, 0) is 0 Å². The summed E-state index contributed by atoms with van der Waals surface area (Å²) >= 11 is 0. The van der Waals surface area contributed by atoms with Gasteiger partial charge >= 0.3 is 0 Å². The Balaban J connectivity index is 1.77. The van der Waals surface area contributed by atoms with Crippen molar-refractivity contribution in [3.8, 4) is 11.9 Å². The van der Waals surface area contributed by atoms with Crippen LogP contribution in [0.5, 0.6) is 0 Å². The van der Waals surface area contributed by atoms with Crippen molar-refractivity contribution in [2.45, 2.75) is 20.8 Å². The quantitative estimate of drug-likeness (QED) is 0.381. The third kappa shape index (κ3) is 3.54. The zero-order chi connectivity index (χ0) is 23.0. The van der Waals surface area contributed by atoms with Gasteiger partial charge in [0.05, 0.1) is 16.6 Å². The fraction of sp³-hybridized carbons (Fsp3) is 0.130. The first kappa shape index (κ1) is 20.7. The summed E-state index contributed by atoms with van der Waals surface area (Å²) in [4.78, 5) is 28.1. The average Bonchev–Trinajstić information content (AvgIpc) is 3.16. The van der Waals surface area contributed by atoms with E-state index in [9.17, 15) is 20.2 Å². The summed E-state index contributed by atoms with van der Waals surface area (Å²) in [6.07, 6.45) is 1.36. The maximum Gasteiger partial charge on any atom is 0.272 e. The molecule has 1 N–H and O–H groups in total. The van der Waals surface area contributed by atoms with Gasteiger partial charge in [-0.3, -0.25) is 14.9 Å². The van der Waals surface area contributed by atoms with Gasteiger partial charge < -0.3 is 5.32 Å². The summed E-state index contributed by atoms with van der Waals surface area (Å²) in [7, 11) is 0. The molecule has 0 unspecified atom stereocenters. The summed E-state index contributed by atoms with van der Waals surface area (Å²) in [6.45, 7) is 5.48. The molecule has 4 aromatic rings. The van der Waals surface area contributed by atoms with Crippen molar-refractivity contribution in [2.75, 3.05) is 5.32 Å². The van der Waals surface area contributed by atoms with E-state index < -0.39 is 10.8 Å². The molecule has 0 atom stereocenters. The van der Waals surface area contributed by atoms with E-state index in [0.29, 0.717) is 11.4 Å². The summed E-state index contributed by atoms with van der Waals surface area (Å²) in [5, 5.41) is 28.5. The van der Waals surface area contributed by atoms with Crippen LogP contribution < -0.4 is 5.32 Å². The number of rotatable bonds is 4. The van der Waals surface area contributed by atoms with Crippen LogP contribution in [0.15, 0.2) is 48.7 Å². The number of nitrogens with one attached hydrogen (secondary N) is 1. The van der Waals surface area contributed by atoms with Crippen LogP contribution >= 0.6 is 0 Å². The number of benzene rings is 2. The Labute approximate surface area is 183 Å². The van der Waals surface area contributed by atoms with Gasteiger partial charge in [-0.15, -0.1) is 0 Å². The molecule has 0 saturated carbocycles. The van der Waals surface area contributed by atoms with Crippen LogP contribution in [0.4, 0.5) is 11.5 Å². The van der Waals surface area contributed by atoms with E-state index in [4.69, 9.17) is 4.98 Å². The number of anilines is 1. The number of nitro groups is 1. The molecule has 0 aliphatic rings. The van der Waals surface area contributed by atoms with E-state index in [2.05, 4.69) is 10.4 Å². The molecule has 0 aliphatic carbocycles. The van der Waals surface area contributed by atoms with E-state index in [-0.39, 0.29) is 22.6 Å². The van der Waals surface area contributed by atoms with Crippen LogP contribution in [0.25, 0.3) is 16.7 Å². The standard InChI is InChI=1S/C23H18N6O3/c1-13-5-4-6-18-14(2)10-20(26-21(13)18)28-22(17(11-24)12-25-28)27-23(30)16-7-8-19(29(31)32)15(3)9-16/h4-10,12H,1-3H3,(H,27,30). The number of hydrogen-bond acceptors (Lipinski definition) is 6. The molecule has 0 fully saturated rings. The average molecular weight is 426 g/mol. The number of hydrogen-bond donors (Lipinski definition) is 1. The molecule has 0 bridgehead atoms. The third-order valence-corrected chi connectivity index (χ3v) is 5.23. The van der Waals surface area contributed by atoms with Gasteiger partial charge in [-0.2, -0.15) is 15.0 Å². The number of nitro benzene ring substituents is 1. The predicted octanol–water partition coefficient (Wildman–Crippen LogP) is 4.38. The number of carbonyl (C=O) groups excluding carboxylic acids is 1. The van der Waals surface area contributed by atoms with E-state index in [1.807, 2.05) is 44.2 Å². The molecule has 9 nitrogen and oxygen atoms in total. The van der Waals surface area contributed by atoms with E-state index >= 15 is 0 Å². The molecule has 32 heavy (non-hydrogen) atoms. The molecule has 0 saturated heterocycles. The topological polar surface area (TPSA) is 127 Å². The van der Waals surface area contributed by atoms with Gasteiger partial charge in [0.15, 0.2) is 11.6 Å². The minimum atomic E-state index is -0.519. The zero-order valence-electron chi connectivity index (χ0n) is 17.6. The van der Waals surface area contributed by atoms with Crippen LogP contribution in [0, 0.1) is 42.2 Å². The number of pyridine rings is 1. The summed E-state index contributed by atoms with van der Waals surface area (Å²) < 4.78 is 1.41. The first-order valence-corrected chi connectivity index (χ1v) is 9.72. The van der Waals surface area contributed by atoms with Gasteiger partial charge in [0.2, 0.25) is 0 Å². The second kappa shape index (κ2) is 7.92. The normalized spacial score (nSPS) is 10.7. The summed E-state index contributed by atoms with van der Waals surface area (Å²) in [6, 6.07) is 13.9. The van der Waals surface area contributed by atoms with Gasteiger partial charge in [0.1, 0.15) is 11.6 Å². The lowest BCUT2D eigenvalue weighted by molar-refractivity contribution is -0.385. The predicted molar refractivity (Wildman–Crippen MR) is 119 cm³/mol. The molecule has 2 aromatic carbocycles. The molecule has 1 amide bonds. The van der Waals surface area contributed by atoms with Crippen molar-refractivity contribution in [1.82, 2.24) is 14.8 Å². The highest BCUT2D eigenvalue weighted by atomic mass is 16.6. The smallest absolute Gasteiger partial charge is 0.272 e. The molecule has 0 aliphatic heterocycles. The maximum absolute atomic E-state index is 12.9. The van der Waals surface area contributed by atoms with Gasteiger partial charge in [-0.05, 0) is 50.1 Å². The lowest BCUT2D eigenvalue weighted by Gasteiger charge is -2.12. The number of nitriles is 1. The molecule has 2 aromatic heterocycles. The largest absolute Gasteiger partial charge is 0.305 e. The lowest BCUT2D eigenvalue weighted by Crippen LogP contribution is -2.17. The molecular formula is C23H18N6O3. The second-order valence-electron chi connectivity index (χ2n) is 7.41. The number of nitrogens with zero attached hydrogens (tertiary/aromatic N) is 5. The summed E-state index contributed by atoms with van der Waals surface area (Å²) in [5.74, 6) is 0.115.